The molecule has 2 heterocycles. The smallest absolute Gasteiger partial charge is 0.262 e. The summed E-state index contributed by atoms with van der Waals surface area (Å²) in [7, 11) is 3.25. The molecule has 0 spiro atoms. The van der Waals surface area contributed by atoms with Crippen LogP contribution >= 0.6 is 23.4 Å². The zero-order chi connectivity index (χ0) is 26.6. The summed E-state index contributed by atoms with van der Waals surface area (Å²) < 4.78 is 10.6. The van der Waals surface area contributed by atoms with Gasteiger partial charge in [0, 0.05) is 23.6 Å². The predicted molar refractivity (Wildman–Crippen MR) is 150 cm³/mol. The van der Waals surface area contributed by atoms with Crippen LogP contribution in [0, 0.1) is 0 Å². The fourth-order valence-electron chi connectivity index (χ4n) is 4.28. The van der Waals surface area contributed by atoms with Crippen LogP contribution in [0.15, 0.2) is 82.9 Å². The first kappa shape index (κ1) is 25.8. The van der Waals surface area contributed by atoms with Crippen molar-refractivity contribution in [2.75, 3.05) is 19.5 Å². The van der Waals surface area contributed by atoms with Gasteiger partial charge in [0.15, 0.2) is 5.17 Å². The Labute approximate surface area is 229 Å². The van der Waals surface area contributed by atoms with Crippen LogP contribution in [0.4, 0.5) is 5.69 Å². The summed E-state index contributed by atoms with van der Waals surface area (Å²) >= 11 is 7.26. The van der Waals surface area contributed by atoms with Crippen molar-refractivity contribution in [2.24, 2.45) is 10.1 Å². The molecule has 0 saturated heterocycles. The quantitative estimate of drug-likeness (QED) is 0.417. The highest BCUT2D eigenvalue weighted by atomic mass is 35.5. The SMILES string of the molecule is COc1ccc(C2=NN(C3=NC(=O)[C@@H](CC(=O)Nc4cccc(Cl)c4)S3)[C@H](c3ccc(OC)cc3)C2)cc1. The molecule has 2 amide bonds. The van der Waals surface area contributed by atoms with Gasteiger partial charge in [-0.2, -0.15) is 10.1 Å². The minimum Gasteiger partial charge on any atom is -0.497 e. The second kappa shape index (κ2) is 11.3. The molecular formula is C28H25ClN4O4S. The van der Waals surface area contributed by atoms with Crippen LogP contribution in [0.25, 0.3) is 0 Å². The Hall–Kier alpha value is -3.82. The highest BCUT2D eigenvalue weighted by molar-refractivity contribution is 8.15. The molecule has 2 aliphatic heterocycles. The molecule has 0 aromatic heterocycles. The maximum absolute atomic E-state index is 12.8. The molecule has 2 aliphatic rings. The number of amides is 2. The van der Waals surface area contributed by atoms with Gasteiger partial charge in [0.05, 0.1) is 26.0 Å². The molecule has 8 nitrogen and oxygen atoms in total. The maximum Gasteiger partial charge on any atom is 0.262 e. The Morgan fingerprint density at radius 2 is 1.74 bits per heavy atom. The summed E-state index contributed by atoms with van der Waals surface area (Å²) in [6, 6.07) is 22.2. The summed E-state index contributed by atoms with van der Waals surface area (Å²) in [5.74, 6) is 0.872. The molecule has 0 saturated carbocycles. The Balaban J connectivity index is 1.36. The van der Waals surface area contributed by atoms with Gasteiger partial charge in [-0.15, -0.1) is 0 Å². The minimum absolute atomic E-state index is 0.0148. The normalized spacial score (nSPS) is 18.7. The lowest BCUT2D eigenvalue weighted by atomic mass is 9.98. The lowest BCUT2D eigenvalue weighted by molar-refractivity contribution is -0.121. The molecule has 194 valence electrons. The van der Waals surface area contributed by atoms with Crippen LogP contribution in [0.5, 0.6) is 11.5 Å². The average molecular weight is 549 g/mol. The van der Waals surface area contributed by atoms with E-state index in [1.807, 2.05) is 48.5 Å². The number of ether oxygens (including phenoxy) is 2. The first-order valence-electron chi connectivity index (χ1n) is 11.9. The zero-order valence-corrected chi connectivity index (χ0v) is 22.3. The van der Waals surface area contributed by atoms with E-state index in [1.165, 1.54) is 11.8 Å². The number of aliphatic imine (C=N–C) groups is 1. The van der Waals surface area contributed by atoms with Gasteiger partial charge < -0.3 is 14.8 Å². The van der Waals surface area contributed by atoms with Crippen molar-refractivity contribution < 1.29 is 19.1 Å². The van der Waals surface area contributed by atoms with E-state index in [0.29, 0.717) is 22.3 Å². The first-order valence-corrected chi connectivity index (χ1v) is 13.2. The van der Waals surface area contributed by atoms with Crippen LogP contribution in [0.2, 0.25) is 5.02 Å². The summed E-state index contributed by atoms with van der Waals surface area (Å²) in [5, 5.41) is 9.82. The van der Waals surface area contributed by atoms with Gasteiger partial charge in [0.1, 0.15) is 16.7 Å². The van der Waals surface area contributed by atoms with Gasteiger partial charge in [-0.25, -0.2) is 5.01 Å². The summed E-state index contributed by atoms with van der Waals surface area (Å²) in [5.41, 5.74) is 3.41. The second-order valence-corrected chi connectivity index (χ2v) is 10.3. The second-order valence-electron chi connectivity index (χ2n) is 8.71. The third-order valence-electron chi connectivity index (χ3n) is 6.24. The molecule has 1 N–H and O–H groups in total. The molecular weight excluding hydrogens is 524 g/mol. The molecule has 0 fully saturated rings. The van der Waals surface area contributed by atoms with Crippen LogP contribution in [0.1, 0.15) is 30.0 Å². The fourth-order valence-corrected chi connectivity index (χ4v) is 5.53. The molecule has 2 atom stereocenters. The molecule has 38 heavy (non-hydrogen) atoms. The van der Waals surface area contributed by atoms with E-state index in [9.17, 15) is 9.59 Å². The van der Waals surface area contributed by atoms with Gasteiger partial charge in [-0.3, -0.25) is 9.59 Å². The van der Waals surface area contributed by atoms with Gasteiger partial charge >= 0.3 is 0 Å². The van der Waals surface area contributed by atoms with Crippen molar-refractivity contribution in [1.29, 1.82) is 0 Å². The predicted octanol–water partition coefficient (Wildman–Crippen LogP) is 5.54. The van der Waals surface area contributed by atoms with Crippen molar-refractivity contribution >= 4 is 51.7 Å². The number of nitrogens with one attached hydrogen (secondary N) is 1. The minimum atomic E-state index is -0.638. The molecule has 3 aromatic carbocycles. The largest absolute Gasteiger partial charge is 0.497 e. The van der Waals surface area contributed by atoms with Crippen molar-refractivity contribution in [3.05, 3.63) is 88.9 Å². The molecule has 0 bridgehead atoms. The summed E-state index contributed by atoms with van der Waals surface area (Å²) in [6.07, 6.45) is 0.603. The van der Waals surface area contributed by atoms with Crippen LogP contribution in [-0.4, -0.2) is 47.2 Å². The van der Waals surface area contributed by atoms with Crippen molar-refractivity contribution in [3.63, 3.8) is 0 Å². The highest BCUT2D eigenvalue weighted by Gasteiger charge is 2.39. The standard InChI is InChI=1S/C28H25ClN4O4S/c1-36-21-10-6-17(7-11-21)23-15-24(18-8-12-22(37-2)13-9-18)33(32-23)28-31-27(35)25(38-28)16-26(34)30-20-5-3-4-19(29)14-20/h3-14,24-25H,15-16H2,1-2H3,(H,30,34)/t24-,25+/m0/s1. The van der Waals surface area contributed by atoms with Gasteiger partial charge in [0.25, 0.3) is 5.91 Å². The van der Waals surface area contributed by atoms with E-state index < -0.39 is 5.25 Å². The van der Waals surface area contributed by atoms with Crippen molar-refractivity contribution in [3.8, 4) is 11.5 Å². The number of benzene rings is 3. The van der Waals surface area contributed by atoms with Gasteiger partial charge in [0.2, 0.25) is 5.91 Å². The van der Waals surface area contributed by atoms with Crippen LogP contribution < -0.4 is 14.8 Å². The van der Waals surface area contributed by atoms with Crippen molar-refractivity contribution in [2.45, 2.75) is 24.1 Å². The van der Waals surface area contributed by atoms with E-state index in [1.54, 1.807) is 43.5 Å². The molecule has 3 aromatic rings. The summed E-state index contributed by atoms with van der Waals surface area (Å²) in [6.45, 7) is 0. The zero-order valence-electron chi connectivity index (χ0n) is 20.8. The van der Waals surface area contributed by atoms with Gasteiger partial charge in [-0.1, -0.05) is 41.6 Å². The number of methoxy groups -OCH3 is 2. The Morgan fingerprint density at radius 1 is 1.05 bits per heavy atom. The number of nitrogens with zero attached hydrogens (tertiary/aromatic N) is 3. The molecule has 0 radical (unpaired) electrons. The maximum atomic E-state index is 12.8. The average Bonchev–Trinajstić information content (AvgIpc) is 3.52. The van der Waals surface area contributed by atoms with E-state index in [-0.39, 0.29) is 24.3 Å². The topological polar surface area (TPSA) is 92.6 Å². The third kappa shape index (κ3) is 5.69. The molecule has 5 rings (SSSR count). The Bertz CT molecular complexity index is 1410. The molecule has 0 unspecified atom stereocenters. The van der Waals surface area contributed by atoms with E-state index in [0.717, 1.165) is 28.3 Å². The number of hydrogen-bond acceptors (Lipinski definition) is 7. The van der Waals surface area contributed by atoms with Crippen LogP contribution in [-0.2, 0) is 9.59 Å². The Morgan fingerprint density at radius 3 is 2.39 bits per heavy atom. The number of rotatable bonds is 7. The number of anilines is 1. The number of hydrogen-bond donors (Lipinski definition) is 1. The number of carbonyl (C=O) groups is 2. The fraction of sp³-hybridized carbons (Fsp3) is 0.214. The number of hydrazone groups is 1. The monoisotopic (exact) mass is 548 g/mol. The number of halogens is 1. The van der Waals surface area contributed by atoms with E-state index in [2.05, 4.69) is 10.3 Å². The number of amidine groups is 1. The number of carbonyl (C=O) groups excluding carboxylic acids is 2. The van der Waals surface area contributed by atoms with E-state index in [4.69, 9.17) is 26.2 Å². The highest BCUT2D eigenvalue weighted by Crippen LogP contribution is 2.39. The lowest BCUT2D eigenvalue weighted by Gasteiger charge is -2.23. The summed E-state index contributed by atoms with van der Waals surface area (Å²) in [4.78, 5) is 29.8. The van der Waals surface area contributed by atoms with Crippen LogP contribution in [0.3, 0.4) is 0 Å². The van der Waals surface area contributed by atoms with Gasteiger partial charge in [-0.05, 0) is 65.7 Å². The first-order chi connectivity index (χ1) is 18.4. The number of thioether (sulfide) groups is 1. The lowest BCUT2D eigenvalue weighted by Crippen LogP contribution is -2.25. The Kier molecular flexibility index (Phi) is 7.67. The molecule has 0 aliphatic carbocycles. The third-order valence-corrected chi connectivity index (χ3v) is 7.62. The molecule has 10 heteroatoms. The van der Waals surface area contributed by atoms with Crippen molar-refractivity contribution in [1.82, 2.24) is 5.01 Å². The van der Waals surface area contributed by atoms with E-state index >= 15 is 0 Å².